The summed E-state index contributed by atoms with van der Waals surface area (Å²) in [6, 6.07) is 1.62. The number of rotatable bonds is 2. The van der Waals surface area contributed by atoms with Crippen molar-refractivity contribution >= 4 is 5.69 Å². The molecule has 0 radical (unpaired) electrons. The minimum absolute atomic E-state index is 0.0737. The van der Waals surface area contributed by atoms with Crippen LogP contribution in [0.1, 0.15) is 17.7 Å². The number of fused-ring (bicyclic) bond motifs is 1. The molecule has 1 unspecified atom stereocenters. The first-order valence-corrected chi connectivity index (χ1v) is 4.85. The highest BCUT2D eigenvalue weighted by atomic mass is 16.6. The van der Waals surface area contributed by atoms with Crippen LogP contribution in [0.25, 0.3) is 0 Å². The number of methoxy groups -OCH3 is 1. The Labute approximate surface area is 87.2 Å². The summed E-state index contributed by atoms with van der Waals surface area (Å²) in [5.74, 6) is 0. The first-order chi connectivity index (χ1) is 7.20. The van der Waals surface area contributed by atoms with Crippen LogP contribution < -0.4 is 0 Å². The van der Waals surface area contributed by atoms with Crippen molar-refractivity contribution < 1.29 is 9.66 Å². The normalized spacial score (nSPS) is 19.7. The fraction of sp³-hybridized carbons (Fsp3) is 0.500. The van der Waals surface area contributed by atoms with Crippen molar-refractivity contribution in [3.05, 3.63) is 33.6 Å². The lowest BCUT2D eigenvalue weighted by Crippen LogP contribution is -2.22. The van der Waals surface area contributed by atoms with E-state index in [2.05, 4.69) is 4.98 Å². The highest BCUT2D eigenvalue weighted by Crippen LogP contribution is 2.24. The minimum atomic E-state index is -0.407. The van der Waals surface area contributed by atoms with Crippen LogP contribution >= 0.6 is 0 Å². The van der Waals surface area contributed by atoms with Crippen LogP contribution in [-0.2, 0) is 17.6 Å². The lowest BCUT2D eigenvalue weighted by atomic mass is 9.93. The van der Waals surface area contributed by atoms with E-state index in [0.717, 1.165) is 30.5 Å². The molecule has 0 amide bonds. The van der Waals surface area contributed by atoms with E-state index >= 15 is 0 Å². The van der Waals surface area contributed by atoms with Gasteiger partial charge in [0.25, 0.3) is 5.69 Å². The fourth-order valence-corrected chi connectivity index (χ4v) is 1.86. The molecule has 0 N–H and O–H groups in total. The van der Waals surface area contributed by atoms with Crippen molar-refractivity contribution in [2.75, 3.05) is 7.11 Å². The average Bonchev–Trinajstić information content (AvgIpc) is 2.27. The third-order valence-corrected chi connectivity index (χ3v) is 2.75. The molecule has 0 bridgehead atoms. The number of pyridine rings is 1. The van der Waals surface area contributed by atoms with Gasteiger partial charge in [-0.3, -0.25) is 15.1 Å². The largest absolute Gasteiger partial charge is 0.381 e. The Morgan fingerprint density at radius 3 is 3.13 bits per heavy atom. The molecule has 1 aromatic rings. The standard InChI is InChI=1S/C10H12N2O3/c1-15-9-3-2-7-4-8(12(13)14)6-11-10(7)5-9/h4,6,9H,2-3,5H2,1H3. The summed E-state index contributed by atoms with van der Waals surface area (Å²) in [6.07, 6.45) is 3.99. The zero-order chi connectivity index (χ0) is 10.8. The van der Waals surface area contributed by atoms with Crippen molar-refractivity contribution in [1.82, 2.24) is 4.98 Å². The van der Waals surface area contributed by atoms with Gasteiger partial charge in [-0.1, -0.05) is 0 Å². The molecule has 5 nitrogen and oxygen atoms in total. The summed E-state index contributed by atoms with van der Waals surface area (Å²) in [4.78, 5) is 14.3. The van der Waals surface area contributed by atoms with Crippen LogP contribution in [0.3, 0.4) is 0 Å². The highest BCUT2D eigenvalue weighted by Gasteiger charge is 2.21. The second-order valence-electron chi connectivity index (χ2n) is 3.66. The van der Waals surface area contributed by atoms with Crippen molar-refractivity contribution in [2.24, 2.45) is 0 Å². The Kier molecular flexibility index (Phi) is 2.64. The van der Waals surface area contributed by atoms with Gasteiger partial charge in [0.1, 0.15) is 6.20 Å². The molecule has 0 aromatic carbocycles. The predicted molar refractivity (Wildman–Crippen MR) is 53.7 cm³/mol. The summed E-state index contributed by atoms with van der Waals surface area (Å²) in [5.41, 5.74) is 1.99. The lowest BCUT2D eigenvalue weighted by Gasteiger charge is -2.21. The molecule has 2 rings (SSSR count). The summed E-state index contributed by atoms with van der Waals surface area (Å²) in [6.45, 7) is 0. The molecule has 1 atom stereocenters. The maximum Gasteiger partial charge on any atom is 0.287 e. The molecule has 0 saturated carbocycles. The first kappa shape index (κ1) is 10.0. The van der Waals surface area contributed by atoms with Gasteiger partial charge < -0.3 is 4.74 Å². The number of hydrogen-bond donors (Lipinski definition) is 0. The Hall–Kier alpha value is -1.49. The molecule has 5 heteroatoms. The van der Waals surface area contributed by atoms with Crippen LogP contribution in [0.5, 0.6) is 0 Å². The Bertz CT molecular complexity index is 392. The topological polar surface area (TPSA) is 65.3 Å². The van der Waals surface area contributed by atoms with E-state index in [4.69, 9.17) is 4.74 Å². The van der Waals surface area contributed by atoms with Crippen LogP contribution in [0.2, 0.25) is 0 Å². The van der Waals surface area contributed by atoms with Gasteiger partial charge in [0.05, 0.1) is 11.0 Å². The molecule has 0 spiro atoms. The van der Waals surface area contributed by atoms with Gasteiger partial charge >= 0.3 is 0 Å². The van der Waals surface area contributed by atoms with Gasteiger partial charge in [0, 0.05) is 25.3 Å². The summed E-state index contributed by atoms with van der Waals surface area (Å²) in [5, 5.41) is 10.5. The van der Waals surface area contributed by atoms with Gasteiger partial charge in [0.15, 0.2) is 0 Å². The van der Waals surface area contributed by atoms with Gasteiger partial charge in [-0.25, -0.2) is 0 Å². The zero-order valence-corrected chi connectivity index (χ0v) is 8.47. The zero-order valence-electron chi connectivity index (χ0n) is 8.47. The molecule has 0 saturated heterocycles. The third-order valence-electron chi connectivity index (χ3n) is 2.75. The first-order valence-electron chi connectivity index (χ1n) is 4.85. The highest BCUT2D eigenvalue weighted by molar-refractivity contribution is 5.35. The van der Waals surface area contributed by atoms with Gasteiger partial charge in [0.2, 0.25) is 0 Å². The van der Waals surface area contributed by atoms with E-state index in [1.807, 2.05) is 0 Å². The van der Waals surface area contributed by atoms with Crippen LogP contribution in [0.4, 0.5) is 5.69 Å². The maximum absolute atomic E-state index is 10.5. The Balaban J connectivity index is 2.28. The van der Waals surface area contributed by atoms with E-state index in [1.165, 1.54) is 6.20 Å². The van der Waals surface area contributed by atoms with Gasteiger partial charge in [-0.05, 0) is 18.4 Å². The molecule has 1 aliphatic carbocycles. The maximum atomic E-state index is 10.5. The molecular formula is C10H12N2O3. The van der Waals surface area contributed by atoms with Gasteiger partial charge in [-0.2, -0.15) is 0 Å². The van der Waals surface area contributed by atoms with Crippen LogP contribution in [0, 0.1) is 10.1 Å². The third kappa shape index (κ3) is 1.97. The predicted octanol–water partition coefficient (Wildman–Crippen LogP) is 1.49. The second kappa shape index (κ2) is 3.94. The van der Waals surface area contributed by atoms with Crippen LogP contribution in [-0.4, -0.2) is 23.1 Å². The number of nitrogens with zero attached hydrogens (tertiary/aromatic N) is 2. The molecule has 1 heterocycles. The summed E-state index contributed by atoms with van der Waals surface area (Å²) < 4.78 is 5.25. The number of ether oxygens (including phenoxy) is 1. The van der Waals surface area contributed by atoms with E-state index in [1.54, 1.807) is 13.2 Å². The van der Waals surface area contributed by atoms with E-state index in [0.29, 0.717) is 0 Å². The van der Waals surface area contributed by atoms with Crippen molar-refractivity contribution in [1.29, 1.82) is 0 Å². The Morgan fingerprint density at radius 1 is 1.67 bits per heavy atom. The van der Waals surface area contributed by atoms with E-state index < -0.39 is 4.92 Å². The van der Waals surface area contributed by atoms with Crippen molar-refractivity contribution in [2.45, 2.75) is 25.4 Å². The molecule has 80 valence electrons. The molecule has 1 aliphatic rings. The van der Waals surface area contributed by atoms with Gasteiger partial charge in [-0.15, -0.1) is 0 Å². The number of hydrogen-bond acceptors (Lipinski definition) is 4. The summed E-state index contributed by atoms with van der Waals surface area (Å²) in [7, 11) is 1.68. The molecule has 0 aliphatic heterocycles. The lowest BCUT2D eigenvalue weighted by molar-refractivity contribution is -0.385. The molecule has 1 aromatic heterocycles. The second-order valence-corrected chi connectivity index (χ2v) is 3.66. The number of nitro groups is 1. The number of aryl methyl sites for hydroxylation is 1. The minimum Gasteiger partial charge on any atom is -0.381 e. The molecular weight excluding hydrogens is 196 g/mol. The Morgan fingerprint density at radius 2 is 2.47 bits per heavy atom. The quantitative estimate of drug-likeness (QED) is 0.545. The van der Waals surface area contributed by atoms with Crippen LogP contribution in [0.15, 0.2) is 12.3 Å². The number of aromatic nitrogens is 1. The molecule has 0 fully saturated rings. The smallest absolute Gasteiger partial charge is 0.287 e. The summed E-state index contributed by atoms with van der Waals surface area (Å²) >= 11 is 0. The molecule has 15 heavy (non-hydrogen) atoms. The van der Waals surface area contributed by atoms with E-state index in [-0.39, 0.29) is 11.8 Å². The van der Waals surface area contributed by atoms with E-state index in [9.17, 15) is 10.1 Å². The fourth-order valence-electron chi connectivity index (χ4n) is 1.86. The average molecular weight is 208 g/mol. The van der Waals surface area contributed by atoms with Crippen molar-refractivity contribution in [3.8, 4) is 0 Å². The monoisotopic (exact) mass is 208 g/mol. The van der Waals surface area contributed by atoms with Crippen molar-refractivity contribution in [3.63, 3.8) is 0 Å². The SMILES string of the molecule is COC1CCc2cc([N+](=O)[O-])cnc2C1.